The van der Waals surface area contributed by atoms with Gasteiger partial charge in [0.2, 0.25) is 17.6 Å². The minimum absolute atomic E-state index is 0.0195. The summed E-state index contributed by atoms with van der Waals surface area (Å²) in [7, 11) is 1.60. The van der Waals surface area contributed by atoms with E-state index >= 15 is 0 Å². The first-order chi connectivity index (χ1) is 15.4. The number of anilines is 1. The Kier molecular flexibility index (Phi) is 6.98. The monoisotopic (exact) mass is 474 g/mol. The van der Waals surface area contributed by atoms with Gasteiger partial charge in [-0.05, 0) is 68.8 Å². The molecule has 4 rings (SSSR count). The van der Waals surface area contributed by atoms with Crippen molar-refractivity contribution in [3.8, 4) is 17.1 Å². The molecule has 0 atom stereocenters. The van der Waals surface area contributed by atoms with Gasteiger partial charge in [-0.25, -0.2) is 0 Å². The van der Waals surface area contributed by atoms with Crippen LogP contribution < -0.4 is 10.1 Å². The first-order valence-electron chi connectivity index (χ1n) is 10.4. The molecule has 0 aliphatic carbocycles. The number of likely N-dealkylation sites (tertiary alicyclic amines) is 1. The number of amides is 1. The molecule has 0 radical (unpaired) electrons. The van der Waals surface area contributed by atoms with Gasteiger partial charge in [0.1, 0.15) is 5.75 Å². The Morgan fingerprint density at radius 3 is 2.72 bits per heavy atom. The van der Waals surface area contributed by atoms with Gasteiger partial charge in [0, 0.05) is 16.5 Å². The van der Waals surface area contributed by atoms with Crippen LogP contribution in [-0.2, 0) is 11.3 Å². The van der Waals surface area contributed by atoms with Crippen molar-refractivity contribution in [2.75, 3.05) is 25.5 Å². The number of aromatic nitrogens is 2. The van der Waals surface area contributed by atoms with E-state index < -0.39 is 0 Å². The van der Waals surface area contributed by atoms with Gasteiger partial charge in [-0.1, -0.05) is 34.4 Å². The first-order valence-corrected chi connectivity index (χ1v) is 11.1. The summed E-state index contributed by atoms with van der Waals surface area (Å²) in [5, 5.41) is 8.09. The van der Waals surface area contributed by atoms with Crippen molar-refractivity contribution in [3.05, 3.63) is 57.9 Å². The SMILES string of the molecule is COc1ccc(C)cc1NC(=O)C1CCN(Cc2nc(-c3ccc(Cl)cc3Cl)no2)CC1. The van der Waals surface area contributed by atoms with E-state index in [1.165, 1.54) is 0 Å². The number of benzene rings is 2. The molecule has 9 heteroatoms. The normalized spacial score (nSPS) is 15.0. The van der Waals surface area contributed by atoms with E-state index in [0.717, 1.165) is 31.5 Å². The molecule has 32 heavy (non-hydrogen) atoms. The summed E-state index contributed by atoms with van der Waals surface area (Å²) in [6.45, 7) is 4.04. The molecule has 0 saturated carbocycles. The lowest BCUT2D eigenvalue weighted by Gasteiger charge is -2.30. The van der Waals surface area contributed by atoms with Gasteiger partial charge >= 0.3 is 0 Å². The highest BCUT2D eigenvalue weighted by Gasteiger charge is 2.26. The fourth-order valence-electron chi connectivity index (χ4n) is 3.80. The minimum atomic E-state index is -0.0532. The molecule has 1 fully saturated rings. The van der Waals surface area contributed by atoms with Gasteiger partial charge < -0.3 is 14.6 Å². The topological polar surface area (TPSA) is 80.5 Å². The molecule has 7 nitrogen and oxygen atoms in total. The van der Waals surface area contributed by atoms with Crippen LogP contribution in [-0.4, -0.2) is 41.1 Å². The molecule has 1 aliphatic heterocycles. The third-order valence-electron chi connectivity index (χ3n) is 5.57. The lowest BCUT2D eigenvalue weighted by molar-refractivity contribution is -0.121. The largest absolute Gasteiger partial charge is 0.495 e. The van der Waals surface area contributed by atoms with Crippen LogP contribution in [0.15, 0.2) is 40.9 Å². The van der Waals surface area contributed by atoms with Crippen LogP contribution in [0.25, 0.3) is 11.4 Å². The van der Waals surface area contributed by atoms with Crippen LogP contribution in [0.3, 0.4) is 0 Å². The zero-order chi connectivity index (χ0) is 22.7. The lowest BCUT2D eigenvalue weighted by Crippen LogP contribution is -2.37. The maximum absolute atomic E-state index is 12.8. The Hall–Kier alpha value is -2.61. The Morgan fingerprint density at radius 1 is 1.22 bits per heavy atom. The van der Waals surface area contributed by atoms with Crippen molar-refractivity contribution < 1.29 is 14.1 Å². The number of piperidine rings is 1. The van der Waals surface area contributed by atoms with Crippen molar-refractivity contribution in [1.29, 1.82) is 0 Å². The van der Waals surface area contributed by atoms with Crippen LogP contribution in [0.4, 0.5) is 5.69 Å². The van der Waals surface area contributed by atoms with Crippen LogP contribution in [0.5, 0.6) is 5.75 Å². The Bertz CT molecular complexity index is 1110. The summed E-state index contributed by atoms with van der Waals surface area (Å²) in [6, 6.07) is 10.9. The summed E-state index contributed by atoms with van der Waals surface area (Å²) in [5.74, 6) is 1.57. The predicted octanol–water partition coefficient (Wildman–Crippen LogP) is 5.21. The van der Waals surface area contributed by atoms with Crippen molar-refractivity contribution in [3.63, 3.8) is 0 Å². The van der Waals surface area contributed by atoms with Crippen LogP contribution in [0.1, 0.15) is 24.3 Å². The number of halogens is 2. The van der Waals surface area contributed by atoms with Crippen LogP contribution in [0.2, 0.25) is 10.0 Å². The molecule has 0 bridgehead atoms. The second kappa shape index (κ2) is 9.90. The van der Waals surface area contributed by atoms with E-state index in [-0.39, 0.29) is 11.8 Å². The highest BCUT2D eigenvalue weighted by Crippen LogP contribution is 2.30. The molecule has 0 unspecified atom stereocenters. The second-order valence-corrected chi connectivity index (χ2v) is 8.72. The molecule has 3 aromatic rings. The summed E-state index contributed by atoms with van der Waals surface area (Å²) in [6.07, 6.45) is 1.51. The van der Waals surface area contributed by atoms with Crippen LogP contribution in [0, 0.1) is 12.8 Å². The number of aryl methyl sites for hydroxylation is 1. The summed E-state index contributed by atoms with van der Waals surface area (Å²) in [5.41, 5.74) is 2.45. The highest BCUT2D eigenvalue weighted by atomic mass is 35.5. The predicted molar refractivity (Wildman–Crippen MR) is 124 cm³/mol. The van der Waals surface area contributed by atoms with Crippen molar-refractivity contribution >= 4 is 34.8 Å². The van der Waals surface area contributed by atoms with Gasteiger partial charge in [-0.3, -0.25) is 9.69 Å². The Labute approximate surface area is 196 Å². The molecule has 1 aliphatic rings. The molecular weight excluding hydrogens is 451 g/mol. The Morgan fingerprint density at radius 2 is 2.00 bits per heavy atom. The van der Waals surface area contributed by atoms with Gasteiger partial charge in [0.15, 0.2) is 0 Å². The molecule has 2 heterocycles. The smallest absolute Gasteiger partial charge is 0.241 e. The maximum atomic E-state index is 12.8. The molecule has 168 valence electrons. The van der Waals surface area contributed by atoms with Gasteiger partial charge in [-0.2, -0.15) is 4.98 Å². The van der Waals surface area contributed by atoms with E-state index in [1.807, 2.05) is 25.1 Å². The molecule has 1 amide bonds. The number of hydrogen-bond donors (Lipinski definition) is 1. The quantitative estimate of drug-likeness (QED) is 0.527. The maximum Gasteiger partial charge on any atom is 0.241 e. The third kappa shape index (κ3) is 5.23. The van der Waals surface area contributed by atoms with Gasteiger partial charge in [0.05, 0.1) is 24.4 Å². The second-order valence-electron chi connectivity index (χ2n) is 7.88. The fourth-order valence-corrected chi connectivity index (χ4v) is 4.29. The number of rotatable bonds is 6. The van der Waals surface area contributed by atoms with Crippen molar-refractivity contribution in [1.82, 2.24) is 15.0 Å². The number of nitrogens with one attached hydrogen (secondary N) is 1. The summed E-state index contributed by atoms with van der Waals surface area (Å²) < 4.78 is 10.8. The first kappa shape index (κ1) is 22.6. The van der Waals surface area contributed by atoms with E-state index in [1.54, 1.807) is 25.3 Å². The van der Waals surface area contributed by atoms with Gasteiger partial charge in [-0.15, -0.1) is 0 Å². The number of carbonyl (C=O) groups is 1. The molecule has 1 aromatic heterocycles. The lowest BCUT2D eigenvalue weighted by atomic mass is 9.95. The van der Waals surface area contributed by atoms with Crippen LogP contribution >= 0.6 is 23.2 Å². The molecular formula is C23H24Cl2N4O3. The number of ether oxygens (including phenoxy) is 1. The number of methoxy groups -OCH3 is 1. The van der Waals surface area contributed by atoms with Crippen molar-refractivity contribution in [2.24, 2.45) is 5.92 Å². The number of nitrogens with zero attached hydrogens (tertiary/aromatic N) is 3. The molecule has 2 aromatic carbocycles. The minimum Gasteiger partial charge on any atom is -0.495 e. The summed E-state index contributed by atoms with van der Waals surface area (Å²) >= 11 is 12.2. The van der Waals surface area contributed by atoms with E-state index in [9.17, 15) is 4.79 Å². The average molecular weight is 475 g/mol. The Balaban J connectivity index is 1.32. The molecule has 1 N–H and O–H groups in total. The van der Waals surface area contributed by atoms with E-state index in [2.05, 4.69) is 20.4 Å². The van der Waals surface area contributed by atoms with E-state index in [0.29, 0.717) is 45.3 Å². The third-order valence-corrected chi connectivity index (χ3v) is 6.12. The zero-order valence-corrected chi connectivity index (χ0v) is 19.4. The number of carbonyl (C=O) groups excluding carboxylic acids is 1. The summed E-state index contributed by atoms with van der Waals surface area (Å²) in [4.78, 5) is 19.4. The average Bonchev–Trinajstić information content (AvgIpc) is 3.22. The zero-order valence-electron chi connectivity index (χ0n) is 17.9. The van der Waals surface area contributed by atoms with Gasteiger partial charge in [0.25, 0.3) is 0 Å². The number of hydrogen-bond acceptors (Lipinski definition) is 6. The fraction of sp³-hybridized carbons (Fsp3) is 0.348. The molecule has 0 spiro atoms. The van der Waals surface area contributed by atoms with E-state index in [4.69, 9.17) is 32.5 Å². The molecule has 1 saturated heterocycles. The van der Waals surface area contributed by atoms with Crippen molar-refractivity contribution in [2.45, 2.75) is 26.3 Å². The standard InChI is InChI=1S/C23H24Cl2N4O3/c1-14-3-6-20(31-2)19(11-14)26-23(30)15-7-9-29(10-8-15)13-21-27-22(28-32-21)17-5-4-16(24)12-18(17)25/h3-6,11-12,15H,7-10,13H2,1-2H3,(H,26,30). The highest BCUT2D eigenvalue weighted by molar-refractivity contribution is 6.36.